The van der Waals surface area contributed by atoms with E-state index in [1.54, 1.807) is 0 Å². The van der Waals surface area contributed by atoms with Crippen LogP contribution >= 0.6 is 11.8 Å². The quantitative estimate of drug-likeness (QED) is 0.694. The summed E-state index contributed by atoms with van der Waals surface area (Å²) in [7, 11) is 1.97. The van der Waals surface area contributed by atoms with Crippen molar-refractivity contribution in [2.75, 3.05) is 19.3 Å². The highest BCUT2D eigenvalue weighted by Gasteiger charge is 2.02. The number of rotatable bonds is 7. The van der Waals surface area contributed by atoms with Crippen LogP contribution in [0.2, 0.25) is 0 Å². The maximum Gasteiger partial charge on any atom is 0.0195 e. The van der Waals surface area contributed by atoms with Gasteiger partial charge in [0, 0.05) is 18.3 Å². The largest absolute Gasteiger partial charge is 0.329 e. The van der Waals surface area contributed by atoms with Crippen molar-refractivity contribution < 1.29 is 0 Å². The lowest BCUT2D eigenvalue weighted by molar-refractivity contribution is 0.559. The maximum atomic E-state index is 5.60. The minimum atomic E-state index is 0.466. The SMILES string of the molecule is CNC(CN)CCSCc1ccccc1. The normalized spacial score (nSPS) is 12.7. The summed E-state index contributed by atoms with van der Waals surface area (Å²) in [6, 6.07) is 11.0. The van der Waals surface area contributed by atoms with Gasteiger partial charge < -0.3 is 11.1 Å². The lowest BCUT2D eigenvalue weighted by Crippen LogP contribution is -2.33. The summed E-state index contributed by atoms with van der Waals surface area (Å²) in [5.74, 6) is 2.26. The summed E-state index contributed by atoms with van der Waals surface area (Å²) in [6.45, 7) is 0.725. The van der Waals surface area contributed by atoms with E-state index in [0.29, 0.717) is 6.04 Å². The summed E-state index contributed by atoms with van der Waals surface area (Å²) in [4.78, 5) is 0. The second-order valence-corrected chi connectivity index (χ2v) is 4.65. The van der Waals surface area contributed by atoms with Gasteiger partial charge in [-0.15, -0.1) is 0 Å². The Kier molecular flexibility index (Phi) is 6.48. The third kappa shape index (κ3) is 5.21. The Morgan fingerprint density at radius 3 is 2.67 bits per heavy atom. The van der Waals surface area contributed by atoms with Crippen molar-refractivity contribution >= 4 is 11.8 Å². The Bertz CT molecular complexity index is 247. The van der Waals surface area contributed by atoms with Gasteiger partial charge in [-0.3, -0.25) is 0 Å². The van der Waals surface area contributed by atoms with Crippen LogP contribution < -0.4 is 11.1 Å². The summed E-state index contributed by atoms with van der Waals surface area (Å²) >= 11 is 1.97. The van der Waals surface area contributed by atoms with Gasteiger partial charge in [0.2, 0.25) is 0 Å². The number of nitrogens with two attached hydrogens (primary N) is 1. The maximum absolute atomic E-state index is 5.60. The van der Waals surface area contributed by atoms with Gasteiger partial charge in [-0.25, -0.2) is 0 Å². The molecule has 84 valence electrons. The molecule has 1 aromatic rings. The fourth-order valence-electron chi connectivity index (χ4n) is 1.37. The zero-order valence-electron chi connectivity index (χ0n) is 9.28. The molecule has 0 spiro atoms. The van der Waals surface area contributed by atoms with Crippen LogP contribution in [0.3, 0.4) is 0 Å². The molecule has 15 heavy (non-hydrogen) atoms. The van der Waals surface area contributed by atoms with Crippen LogP contribution in [0.1, 0.15) is 12.0 Å². The fourth-order valence-corrected chi connectivity index (χ4v) is 2.39. The Morgan fingerprint density at radius 1 is 1.33 bits per heavy atom. The monoisotopic (exact) mass is 224 g/mol. The van der Waals surface area contributed by atoms with E-state index in [1.165, 1.54) is 5.56 Å². The summed E-state index contributed by atoms with van der Waals surface area (Å²) in [5.41, 5.74) is 7.00. The van der Waals surface area contributed by atoms with E-state index in [1.807, 2.05) is 18.8 Å². The van der Waals surface area contributed by atoms with E-state index in [-0.39, 0.29) is 0 Å². The van der Waals surface area contributed by atoms with E-state index in [2.05, 4.69) is 35.6 Å². The van der Waals surface area contributed by atoms with Crippen LogP contribution in [0.25, 0.3) is 0 Å². The van der Waals surface area contributed by atoms with Crippen molar-refractivity contribution in [1.82, 2.24) is 5.32 Å². The highest BCUT2D eigenvalue weighted by Crippen LogP contribution is 2.13. The van der Waals surface area contributed by atoms with Crippen LogP contribution in [0, 0.1) is 0 Å². The minimum Gasteiger partial charge on any atom is -0.329 e. The molecule has 0 saturated carbocycles. The summed E-state index contributed by atoms with van der Waals surface area (Å²) in [6.07, 6.45) is 1.14. The molecule has 0 bridgehead atoms. The van der Waals surface area contributed by atoms with Crippen molar-refractivity contribution in [1.29, 1.82) is 0 Å². The fraction of sp³-hybridized carbons (Fsp3) is 0.500. The third-order valence-electron chi connectivity index (χ3n) is 2.41. The van der Waals surface area contributed by atoms with E-state index >= 15 is 0 Å². The van der Waals surface area contributed by atoms with Gasteiger partial charge in [0.15, 0.2) is 0 Å². The topological polar surface area (TPSA) is 38.0 Å². The average molecular weight is 224 g/mol. The lowest BCUT2D eigenvalue weighted by Gasteiger charge is -2.12. The first-order valence-corrected chi connectivity index (χ1v) is 6.51. The molecule has 0 radical (unpaired) electrons. The van der Waals surface area contributed by atoms with Crippen LogP contribution in [0.15, 0.2) is 30.3 Å². The first-order valence-electron chi connectivity index (χ1n) is 5.36. The van der Waals surface area contributed by atoms with Crippen LogP contribution in [-0.4, -0.2) is 25.4 Å². The first-order chi connectivity index (χ1) is 7.36. The average Bonchev–Trinajstić information content (AvgIpc) is 2.31. The molecule has 3 heteroatoms. The molecule has 0 amide bonds. The van der Waals surface area contributed by atoms with E-state index in [4.69, 9.17) is 5.73 Å². The highest BCUT2D eigenvalue weighted by molar-refractivity contribution is 7.98. The second kappa shape index (κ2) is 7.74. The third-order valence-corrected chi connectivity index (χ3v) is 3.48. The number of nitrogens with one attached hydrogen (secondary N) is 1. The number of hydrogen-bond donors (Lipinski definition) is 2. The van der Waals surface area contributed by atoms with E-state index in [0.717, 1.165) is 24.5 Å². The van der Waals surface area contributed by atoms with Gasteiger partial charge >= 0.3 is 0 Å². The van der Waals surface area contributed by atoms with Gasteiger partial charge in [-0.2, -0.15) is 11.8 Å². The van der Waals surface area contributed by atoms with Crippen LogP contribution in [-0.2, 0) is 5.75 Å². The number of benzene rings is 1. The molecule has 1 rings (SSSR count). The number of likely N-dealkylation sites (N-methyl/N-ethyl adjacent to an activating group) is 1. The summed E-state index contributed by atoms with van der Waals surface area (Å²) < 4.78 is 0. The van der Waals surface area contributed by atoms with Crippen molar-refractivity contribution in [2.45, 2.75) is 18.2 Å². The minimum absolute atomic E-state index is 0.466. The molecule has 0 aliphatic heterocycles. The molecule has 3 N–H and O–H groups in total. The van der Waals surface area contributed by atoms with Gasteiger partial charge in [0.05, 0.1) is 0 Å². The van der Waals surface area contributed by atoms with E-state index < -0.39 is 0 Å². The van der Waals surface area contributed by atoms with Gasteiger partial charge in [0.1, 0.15) is 0 Å². The second-order valence-electron chi connectivity index (χ2n) is 3.55. The predicted octanol–water partition coefficient (Wildman–Crippen LogP) is 1.86. The molecule has 1 aromatic carbocycles. The molecule has 0 aromatic heterocycles. The smallest absolute Gasteiger partial charge is 0.0195 e. The molecule has 0 aliphatic rings. The highest BCUT2D eigenvalue weighted by atomic mass is 32.2. The van der Waals surface area contributed by atoms with Crippen LogP contribution in [0.4, 0.5) is 0 Å². The molecule has 0 heterocycles. The Balaban J connectivity index is 2.12. The molecule has 0 aliphatic carbocycles. The Hall–Kier alpha value is -0.510. The molecule has 0 fully saturated rings. The van der Waals surface area contributed by atoms with Crippen molar-refractivity contribution in [3.63, 3.8) is 0 Å². The molecule has 1 atom stereocenters. The first kappa shape index (κ1) is 12.6. The molecule has 0 saturated heterocycles. The Labute approximate surface area is 96.6 Å². The number of thioether (sulfide) groups is 1. The predicted molar refractivity (Wildman–Crippen MR) is 69.1 cm³/mol. The van der Waals surface area contributed by atoms with Crippen molar-refractivity contribution in [3.8, 4) is 0 Å². The lowest BCUT2D eigenvalue weighted by atomic mass is 10.2. The Morgan fingerprint density at radius 2 is 2.07 bits per heavy atom. The van der Waals surface area contributed by atoms with Gasteiger partial charge in [0.25, 0.3) is 0 Å². The molecular weight excluding hydrogens is 204 g/mol. The van der Waals surface area contributed by atoms with Gasteiger partial charge in [-0.1, -0.05) is 30.3 Å². The van der Waals surface area contributed by atoms with Gasteiger partial charge in [-0.05, 0) is 24.8 Å². The zero-order valence-corrected chi connectivity index (χ0v) is 10.1. The standard InChI is InChI=1S/C12H20N2S/c1-14-12(9-13)7-8-15-10-11-5-3-2-4-6-11/h2-6,12,14H,7-10,13H2,1H3. The zero-order chi connectivity index (χ0) is 10.9. The number of hydrogen-bond acceptors (Lipinski definition) is 3. The van der Waals surface area contributed by atoms with Crippen molar-refractivity contribution in [3.05, 3.63) is 35.9 Å². The molecular formula is C12H20N2S. The molecule has 2 nitrogen and oxygen atoms in total. The van der Waals surface area contributed by atoms with E-state index in [9.17, 15) is 0 Å². The van der Waals surface area contributed by atoms with Crippen LogP contribution in [0.5, 0.6) is 0 Å². The summed E-state index contributed by atoms with van der Waals surface area (Å²) in [5, 5.41) is 3.21. The van der Waals surface area contributed by atoms with Crippen molar-refractivity contribution in [2.24, 2.45) is 5.73 Å². The molecule has 1 unspecified atom stereocenters.